The molecule has 150 valence electrons. The lowest BCUT2D eigenvalue weighted by molar-refractivity contribution is -0.122. The fraction of sp³-hybridized carbons (Fsp3) is 0.150. The van der Waals surface area contributed by atoms with Crippen LogP contribution in [0.5, 0.6) is 11.5 Å². The summed E-state index contributed by atoms with van der Waals surface area (Å²) >= 11 is 12.3. The number of hydrogen-bond acceptors (Lipinski definition) is 5. The van der Waals surface area contributed by atoms with E-state index in [1.54, 1.807) is 31.2 Å². The number of anilines is 1. The molecule has 1 aliphatic rings. The van der Waals surface area contributed by atoms with Crippen molar-refractivity contribution in [1.29, 1.82) is 0 Å². The molecule has 7 nitrogen and oxygen atoms in total. The summed E-state index contributed by atoms with van der Waals surface area (Å²) in [5.41, 5.74) is 0.986. The second-order valence-corrected chi connectivity index (χ2v) is 6.89. The number of halogens is 2. The number of carbonyl (C=O) groups is 3. The van der Waals surface area contributed by atoms with Crippen LogP contribution in [0.25, 0.3) is 6.08 Å². The van der Waals surface area contributed by atoms with Gasteiger partial charge in [0.25, 0.3) is 11.8 Å². The molecule has 1 heterocycles. The van der Waals surface area contributed by atoms with Gasteiger partial charge in [-0.25, -0.2) is 9.69 Å². The first-order valence-electron chi connectivity index (χ1n) is 8.36. The number of hydrogen-bond donors (Lipinski definition) is 1. The zero-order valence-corrected chi connectivity index (χ0v) is 17.2. The Morgan fingerprint density at radius 3 is 2.41 bits per heavy atom. The van der Waals surface area contributed by atoms with Crippen molar-refractivity contribution in [3.63, 3.8) is 0 Å². The molecule has 2 aromatic rings. The van der Waals surface area contributed by atoms with Crippen LogP contribution < -0.4 is 19.7 Å². The molecule has 0 atom stereocenters. The predicted octanol–water partition coefficient (Wildman–Crippen LogP) is 3.99. The number of urea groups is 1. The van der Waals surface area contributed by atoms with E-state index in [4.69, 9.17) is 32.7 Å². The molecule has 29 heavy (non-hydrogen) atoms. The van der Waals surface area contributed by atoms with Crippen LogP contribution in [-0.2, 0) is 9.59 Å². The average Bonchev–Trinajstić information content (AvgIpc) is 2.67. The highest BCUT2D eigenvalue weighted by molar-refractivity contribution is 6.40. The van der Waals surface area contributed by atoms with E-state index in [9.17, 15) is 14.4 Å². The average molecular weight is 435 g/mol. The molecule has 0 saturated carbocycles. The van der Waals surface area contributed by atoms with Gasteiger partial charge in [0, 0.05) is 5.02 Å². The molecule has 0 aliphatic carbocycles. The third kappa shape index (κ3) is 3.79. The molecule has 0 aromatic heterocycles. The number of nitrogens with zero attached hydrogens (tertiary/aromatic N) is 1. The van der Waals surface area contributed by atoms with Crippen molar-refractivity contribution >= 4 is 52.8 Å². The fourth-order valence-corrected chi connectivity index (χ4v) is 3.37. The number of imide groups is 2. The zero-order valence-electron chi connectivity index (χ0n) is 15.7. The van der Waals surface area contributed by atoms with E-state index >= 15 is 0 Å². The van der Waals surface area contributed by atoms with E-state index < -0.39 is 17.8 Å². The maximum absolute atomic E-state index is 13.0. The topological polar surface area (TPSA) is 84.9 Å². The van der Waals surface area contributed by atoms with Gasteiger partial charge in [0.15, 0.2) is 11.5 Å². The van der Waals surface area contributed by atoms with Crippen LogP contribution in [0.4, 0.5) is 10.5 Å². The quantitative estimate of drug-likeness (QED) is 0.580. The Hall–Kier alpha value is -3.03. The highest BCUT2D eigenvalue weighted by Gasteiger charge is 2.37. The van der Waals surface area contributed by atoms with Crippen molar-refractivity contribution in [3.05, 3.63) is 57.1 Å². The second-order valence-electron chi connectivity index (χ2n) is 6.08. The van der Waals surface area contributed by atoms with Crippen LogP contribution >= 0.6 is 23.2 Å². The smallest absolute Gasteiger partial charge is 0.335 e. The molecule has 1 saturated heterocycles. The first-order chi connectivity index (χ1) is 13.8. The van der Waals surface area contributed by atoms with Gasteiger partial charge in [-0.05, 0) is 48.4 Å². The van der Waals surface area contributed by atoms with Crippen molar-refractivity contribution in [2.45, 2.75) is 6.92 Å². The van der Waals surface area contributed by atoms with Crippen LogP contribution in [0.3, 0.4) is 0 Å². The summed E-state index contributed by atoms with van der Waals surface area (Å²) in [5, 5.41) is 2.79. The monoisotopic (exact) mass is 434 g/mol. The highest BCUT2D eigenvalue weighted by atomic mass is 35.5. The Morgan fingerprint density at radius 1 is 1.03 bits per heavy atom. The van der Waals surface area contributed by atoms with Gasteiger partial charge in [-0.15, -0.1) is 0 Å². The summed E-state index contributed by atoms with van der Waals surface area (Å²) in [6.07, 6.45) is 1.32. The molecular formula is C20H16Cl2N2O5. The Kier molecular flexibility index (Phi) is 5.81. The standard InChI is InChI=1S/C20H16Cl2N2O5/c1-10-13(21)5-4-6-15(10)24-19(26)12(18(25)23-20(24)27)7-11-8-14(22)17(29-3)16(9-11)28-2/h4-9H,1-3H3,(H,23,25,27)/b12-7+. The molecule has 0 unspecified atom stereocenters. The summed E-state index contributed by atoms with van der Waals surface area (Å²) in [5.74, 6) is -0.951. The van der Waals surface area contributed by atoms with Gasteiger partial charge in [-0.1, -0.05) is 29.3 Å². The van der Waals surface area contributed by atoms with E-state index in [-0.39, 0.29) is 16.3 Å². The summed E-state index contributed by atoms with van der Waals surface area (Å²) < 4.78 is 10.4. The molecule has 0 radical (unpaired) electrons. The number of ether oxygens (including phenoxy) is 2. The molecule has 2 aromatic carbocycles. The van der Waals surface area contributed by atoms with E-state index in [0.717, 1.165) is 4.90 Å². The molecule has 1 N–H and O–H groups in total. The SMILES string of the molecule is COc1cc(/C=C2\C(=O)NC(=O)N(c3cccc(Cl)c3C)C2=O)cc(Cl)c1OC. The normalized spacial score (nSPS) is 15.6. The molecule has 3 rings (SSSR count). The summed E-state index contributed by atoms with van der Waals surface area (Å²) in [7, 11) is 2.88. The van der Waals surface area contributed by atoms with Crippen LogP contribution in [0, 0.1) is 6.92 Å². The molecular weight excluding hydrogens is 419 g/mol. The lowest BCUT2D eigenvalue weighted by Gasteiger charge is -2.27. The number of barbiturate groups is 1. The van der Waals surface area contributed by atoms with Gasteiger partial charge in [0.05, 0.1) is 24.9 Å². The summed E-state index contributed by atoms with van der Waals surface area (Å²) in [4.78, 5) is 38.6. The molecule has 1 aliphatic heterocycles. The zero-order chi connectivity index (χ0) is 21.3. The number of nitrogens with one attached hydrogen (secondary N) is 1. The molecule has 0 bridgehead atoms. The van der Waals surface area contributed by atoms with Gasteiger partial charge in [0.1, 0.15) is 5.57 Å². The maximum atomic E-state index is 13.0. The molecule has 0 spiro atoms. The number of benzene rings is 2. The number of carbonyl (C=O) groups excluding carboxylic acids is 3. The van der Waals surface area contributed by atoms with E-state index in [1.165, 1.54) is 26.4 Å². The van der Waals surface area contributed by atoms with E-state index in [2.05, 4.69) is 5.32 Å². The van der Waals surface area contributed by atoms with Gasteiger partial charge in [-0.2, -0.15) is 0 Å². The summed E-state index contributed by atoms with van der Waals surface area (Å²) in [6.45, 7) is 1.67. The first-order valence-corrected chi connectivity index (χ1v) is 9.12. The number of rotatable bonds is 4. The lowest BCUT2D eigenvalue weighted by atomic mass is 10.1. The minimum atomic E-state index is -0.854. The Morgan fingerprint density at radius 2 is 1.76 bits per heavy atom. The van der Waals surface area contributed by atoms with E-state index in [1.807, 2.05) is 0 Å². The molecule has 1 fully saturated rings. The van der Waals surface area contributed by atoms with Crippen LogP contribution in [-0.4, -0.2) is 32.1 Å². The minimum Gasteiger partial charge on any atom is -0.493 e. The van der Waals surface area contributed by atoms with Gasteiger partial charge in [0.2, 0.25) is 0 Å². The van der Waals surface area contributed by atoms with Gasteiger partial charge >= 0.3 is 6.03 Å². The van der Waals surface area contributed by atoms with Crippen LogP contribution in [0.1, 0.15) is 11.1 Å². The van der Waals surface area contributed by atoms with Crippen LogP contribution in [0.15, 0.2) is 35.9 Å². The minimum absolute atomic E-state index is 0.237. The third-order valence-corrected chi connectivity index (χ3v) is 5.04. The third-order valence-electron chi connectivity index (χ3n) is 4.35. The Bertz CT molecular complexity index is 1070. The van der Waals surface area contributed by atoms with Gasteiger partial charge in [-0.3, -0.25) is 14.9 Å². The van der Waals surface area contributed by atoms with E-state index in [0.29, 0.717) is 27.6 Å². The van der Waals surface area contributed by atoms with Crippen molar-refractivity contribution < 1.29 is 23.9 Å². The van der Waals surface area contributed by atoms with Crippen LogP contribution in [0.2, 0.25) is 10.0 Å². The van der Waals surface area contributed by atoms with Crippen molar-refractivity contribution in [2.24, 2.45) is 0 Å². The first kappa shape index (κ1) is 20.7. The van der Waals surface area contributed by atoms with Gasteiger partial charge < -0.3 is 9.47 Å². The largest absolute Gasteiger partial charge is 0.493 e. The predicted molar refractivity (Wildman–Crippen MR) is 110 cm³/mol. The Labute approximate surface area is 176 Å². The second kappa shape index (κ2) is 8.14. The van der Waals surface area contributed by atoms with Crippen molar-refractivity contribution in [3.8, 4) is 11.5 Å². The number of amides is 4. The number of methoxy groups -OCH3 is 2. The lowest BCUT2D eigenvalue weighted by Crippen LogP contribution is -2.54. The highest BCUT2D eigenvalue weighted by Crippen LogP contribution is 2.37. The summed E-state index contributed by atoms with van der Waals surface area (Å²) in [6, 6.07) is 7.04. The van der Waals surface area contributed by atoms with Crippen molar-refractivity contribution in [1.82, 2.24) is 5.32 Å². The molecule has 4 amide bonds. The molecule has 9 heteroatoms. The maximum Gasteiger partial charge on any atom is 0.335 e. The Balaban J connectivity index is 2.09. The fourth-order valence-electron chi connectivity index (χ4n) is 2.90. The van der Waals surface area contributed by atoms with Crippen molar-refractivity contribution in [2.75, 3.05) is 19.1 Å².